The van der Waals surface area contributed by atoms with Crippen LogP contribution in [0.1, 0.15) is 32.1 Å². The molecule has 3 rings (SSSR count). The maximum Gasteiger partial charge on any atom is 0.243 e. The summed E-state index contributed by atoms with van der Waals surface area (Å²) >= 11 is 0. The molecule has 0 fully saturated rings. The highest BCUT2D eigenvalue weighted by molar-refractivity contribution is 5.74. The van der Waals surface area contributed by atoms with E-state index in [4.69, 9.17) is 5.21 Å². The van der Waals surface area contributed by atoms with E-state index in [0.29, 0.717) is 6.42 Å². The SMILES string of the molecule is O=C(CCCCCCn1cc(-c2ccc(-c3ccccc3)cc2)nn1)NO. The zero-order valence-electron chi connectivity index (χ0n) is 15.2. The molecule has 0 spiro atoms. The van der Waals surface area contributed by atoms with Gasteiger partial charge >= 0.3 is 0 Å². The van der Waals surface area contributed by atoms with Gasteiger partial charge in [0.1, 0.15) is 5.69 Å². The summed E-state index contributed by atoms with van der Waals surface area (Å²) in [5.74, 6) is -0.325. The van der Waals surface area contributed by atoms with Gasteiger partial charge in [-0.2, -0.15) is 0 Å². The van der Waals surface area contributed by atoms with E-state index >= 15 is 0 Å². The topological polar surface area (TPSA) is 80.0 Å². The standard InChI is InChI=1S/C21H24N4O2/c26-21(23-27)10-6-1-2-7-15-25-16-20(22-24-25)19-13-11-18(12-14-19)17-8-4-3-5-9-17/h3-5,8-9,11-14,16,27H,1-2,6-7,10,15H2,(H,23,26). The number of carbonyl (C=O) groups is 1. The van der Waals surface area contributed by atoms with Crippen LogP contribution >= 0.6 is 0 Å². The summed E-state index contributed by atoms with van der Waals surface area (Å²) in [5, 5.41) is 16.9. The summed E-state index contributed by atoms with van der Waals surface area (Å²) in [5.41, 5.74) is 5.95. The molecule has 0 bridgehead atoms. The Labute approximate surface area is 158 Å². The maximum atomic E-state index is 10.9. The molecule has 140 valence electrons. The Balaban J connectivity index is 1.48. The number of hydrogen-bond acceptors (Lipinski definition) is 4. The van der Waals surface area contributed by atoms with E-state index in [2.05, 4.69) is 46.7 Å². The molecule has 0 radical (unpaired) electrons. The van der Waals surface area contributed by atoms with Gasteiger partial charge in [0.25, 0.3) is 0 Å². The third kappa shape index (κ3) is 5.49. The number of hydroxylamine groups is 1. The number of aromatic nitrogens is 3. The van der Waals surface area contributed by atoms with Gasteiger partial charge in [0.2, 0.25) is 5.91 Å². The lowest BCUT2D eigenvalue weighted by atomic mass is 10.0. The van der Waals surface area contributed by atoms with Crippen LogP contribution in [-0.4, -0.2) is 26.1 Å². The Kier molecular flexibility index (Phi) is 6.71. The van der Waals surface area contributed by atoms with Crippen molar-refractivity contribution in [1.29, 1.82) is 0 Å². The fourth-order valence-corrected chi connectivity index (χ4v) is 2.97. The first kappa shape index (κ1) is 18.8. The molecule has 0 atom stereocenters. The quantitative estimate of drug-likeness (QED) is 0.341. The number of benzene rings is 2. The smallest absolute Gasteiger partial charge is 0.243 e. The normalized spacial score (nSPS) is 10.7. The van der Waals surface area contributed by atoms with Gasteiger partial charge in [0.05, 0.1) is 6.20 Å². The van der Waals surface area contributed by atoms with E-state index in [-0.39, 0.29) is 5.91 Å². The molecule has 1 aromatic heterocycles. The largest absolute Gasteiger partial charge is 0.289 e. The molecule has 6 heteroatoms. The number of unbranched alkanes of at least 4 members (excludes halogenated alkanes) is 3. The van der Waals surface area contributed by atoms with Gasteiger partial charge in [-0.15, -0.1) is 5.10 Å². The van der Waals surface area contributed by atoms with Crippen molar-refractivity contribution in [2.24, 2.45) is 0 Å². The summed E-state index contributed by atoms with van der Waals surface area (Å²) < 4.78 is 1.86. The van der Waals surface area contributed by atoms with Crippen molar-refractivity contribution in [3.05, 3.63) is 60.8 Å². The van der Waals surface area contributed by atoms with Crippen LogP contribution in [0, 0.1) is 0 Å². The Morgan fingerprint density at radius 2 is 1.56 bits per heavy atom. The molecule has 1 amide bonds. The van der Waals surface area contributed by atoms with E-state index < -0.39 is 0 Å². The van der Waals surface area contributed by atoms with E-state index in [1.54, 1.807) is 5.48 Å². The number of rotatable bonds is 9. The molecule has 0 aliphatic carbocycles. The van der Waals surface area contributed by atoms with Crippen LogP contribution in [0.25, 0.3) is 22.4 Å². The van der Waals surface area contributed by atoms with Gasteiger partial charge in [-0.25, -0.2) is 5.48 Å². The van der Waals surface area contributed by atoms with E-state index in [1.165, 1.54) is 11.1 Å². The predicted molar refractivity (Wildman–Crippen MR) is 104 cm³/mol. The highest BCUT2D eigenvalue weighted by Crippen LogP contribution is 2.23. The minimum atomic E-state index is -0.325. The Bertz CT molecular complexity index is 844. The number of aryl methyl sites for hydroxylation is 1. The van der Waals surface area contributed by atoms with Crippen LogP contribution in [0.5, 0.6) is 0 Å². The number of amides is 1. The van der Waals surface area contributed by atoms with Crippen molar-refractivity contribution in [1.82, 2.24) is 20.5 Å². The first-order valence-electron chi connectivity index (χ1n) is 9.25. The van der Waals surface area contributed by atoms with Crippen LogP contribution in [0.4, 0.5) is 0 Å². The molecular formula is C21H24N4O2. The highest BCUT2D eigenvalue weighted by Gasteiger charge is 2.05. The van der Waals surface area contributed by atoms with Gasteiger partial charge in [-0.1, -0.05) is 72.7 Å². The summed E-state index contributed by atoms with van der Waals surface area (Å²) in [6.45, 7) is 0.807. The second kappa shape index (κ2) is 9.64. The molecule has 2 N–H and O–H groups in total. The highest BCUT2D eigenvalue weighted by atomic mass is 16.5. The number of nitrogens with one attached hydrogen (secondary N) is 1. The Morgan fingerprint density at radius 3 is 2.30 bits per heavy atom. The molecular weight excluding hydrogens is 340 g/mol. The Morgan fingerprint density at radius 1 is 0.889 bits per heavy atom. The molecule has 3 aromatic rings. The minimum Gasteiger partial charge on any atom is -0.289 e. The molecule has 0 saturated carbocycles. The predicted octanol–water partition coefficient (Wildman–Crippen LogP) is 4.07. The summed E-state index contributed by atoms with van der Waals surface area (Å²) in [6.07, 6.45) is 6.06. The molecule has 0 saturated heterocycles. The van der Waals surface area contributed by atoms with Crippen LogP contribution in [0.3, 0.4) is 0 Å². The maximum absolute atomic E-state index is 10.9. The van der Waals surface area contributed by atoms with Crippen LogP contribution in [0.15, 0.2) is 60.8 Å². The lowest BCUT2D eigenvalue weighted by molar-refractivity contribution is -0.129. The summed E-state index contributed by atoms with van der Waals surface area (Å²) in [6, 6.07) is 18.6. The molecule has 0 aliphatic heterocycles. The van der Waals surface area contributed by atoms with Gasteiger partial charge in [0, 0.05) is 18.5 Å². The average Bonchev–Trinajstić information content (AvgIpc) is 3.20. The van der Waals surface area contributed by atoms with E-state index in [9.17, 15) is 4.79 Å². The second-order valence-electron chi connectivity index (χ2n) is 6.51. The molecule has 2 aromatic carbocycles. The molecule has 1 heterocycles. The van der Waals surface area contributed by atoms with Gasteiger partial charge in [-0.05, 0) is 24.0 Å². The molecule has 27 heavy (non-hydrogen) atoms. The van der Waals surface area contributed by atoms with Gasteiger partial charge in [0.15, 0.2) is 0 Å². The lowest BCUT2D eigenvalue weighted by Crippen LogP contribution is -2.17. The molecule has 0 unspecified atom stereocenters. The Hall–Kier alpha value is -2.99. The van der Waals surface area contributed by atoms with Crippen molar-refractivity contribution in [3.8, 4) is 22.4 Å². The second-order valence-corrected chi connectivity index (χ2v) is 6.51. The first-order chi connectivity index (χ1) is 13.3. The third-order valence-corrected chi connectivity index (χ3v) is 4.49. The number of nitrogens with zero attached hydrogens (tertiary/aromatic N) is 3. The third-order valence-electron chi connectivity index (χ3n) is 4.49. The summed E-state index contributed by atoms with van der Waals surface area (Å²) in [4.78, 5) is 10.9. The zero-order valence-corrected chi connectivity index (χ0v) is 15.2. The van der Waals surface area contributed by atoms with Crippen molar-refractivity contribution in [2.45, 2.75) is 38.6 Å². The minimum absolute atomic E-state index is 0.325. The first-order valence-corrected chi connectivity index (χ1v) is 9.25. The summed E-state index contributed by atoms with van der Waals surface area (Å²) in [7, 11) is 0. The fourth-order valence-electron chi connectivity index (χ4n) is 2.97. The molecule has 0 aliphatic rings. The van der Waals surface area contributed by atoms with E-state index in [0.717, 1.165) is 43.5 Å². The van der Waals surface area contributed by atoms with Crippen molar-refractivity contribution in [2.75, 3.05) is 0 Å². The van der Waals surface area contributed by atoms with Crippen molar-refractivity contribution in [3.63, 3.8) is 0 Å². The van der Waals surface area contributed by atoms with Crippen LogP contribution in [-0.2, 0) is 11.3 Å². The fraction of sp³-hybridized carbons (Fsp3) is 0.286. The average molecular weight is 364 g/mol. The van der Waals surface area contributed by atoms with Crippen LogP contribution < -0.4 is 5.48 Å². The van der Waals surface area contributed by atoms with Crippen LogP contribution in [0.2, 0.25) is 0 Å². The van der Waals surface area contributed by atoms with Crippen molar-refractivity contribution >= 4 is 5.91 Å². The zero-order chi connectivity index (χ0) is 18.9. The monoisotopic (exact) mass is 364 g/mol. The molecule has 6 nitrogen and oxygen atoms in total. The number of hydrogen-bond donors (Lipinski definition) is 2. The number of carbonyl (C=O) groups excluding carboxylic acids is 1. The van der Waals surface area contributed by atoms with Crippen molar-refractivity contribution < 1.29 is 10.0 Å². The van der Waals surface area contributed by atoms with E-state index in [1.807, 2.05) is 29.1 Å². The van der Waals surface area contributed by atoms with Gasteiger partial charge < -0.3 is 0 Å². The lowest BCUT2D eigenvalue weighted by Gasteiger charge is -2.02. The van der Waals surface area contributed by atoms with Gasteiger partial charge in [-0.3, -0.25) is 14.7 Å².